The van der Waals surface area contributed by atoms with Gasteiger partial charge >= 0.3 is 5.97 Å². The Morgan fingerprint density at radius 3 is 2.62 bits per heavy atom. The highest BCUT2D eigenvalue weighted by atomic mass is 35.5. The van der Waals surface area contributed by atoms with Crippen molar-refractivity contribution in [1.29, 1.82) is 0 Å². The number of halogens is 1. The number of carboxylic acid groups (broad SMARTS) is 1. The first-order chi connectivity index (χ1) is 9.97. The van der Waals surface area contributed by atoms with Crippen LogP contribution >= 0.6 is 22.9 Å². The van der Waals surface area contributed by atoms with Crippen LogP contribution in [0, 0.1) is 5.41 Å². The van der Waals surface area contributed by atoms with Gasteiger partial charge in [-0.1, -0.05) is 24.1 Å². The number of nitrogens with zero attached hydrogens (tertiary/aromatic N) is 1. The first-order valence-electron chi connectivity index (χ1n) is 6.83. The summed E-state index contributed by atoms with van der Waals surface area (Å²) in [6, 6.07) is 3.68. The molecule has 6 heteroatoms. The minimum atomic E-state index is -0.861. The van der Waals surface area contributed by atoms with Crippen molar-refractivity contribution < 1.29 is 14.7 Å². The van der Waals surface area contributed by atoms with Gasteiger partial charge in [0.05, 0.1) is 16.3 Å². The number of rotatable bonds is 7. The maximum atomic E-state index is 12.4. The SMILES string of the molecule is C=CCN(Cc1ccc(Cl)s1)C(=O)CC1(C(=O)O)CCC1. The fourth-order valence-corrected chi connectivity index (χ4v) is 3.61. The van der Waals surface area contributed by atoms with E-state index in [9.17, 15) is 14.7 Å². The molecule has 0 aliphatic heterocycles. The van der Waals surface area contributed by atoms with Crippen molar-refractivity contribution in [1.82, 2.24) is 4.90 Å². The molecule has 114 valence electrons. The molecule has 21 heavy (non-hydrogen) atoms. The van der Waals surface area contributed by atoms with E-state index in [1.165, 1.54) is 11.3 Å². The van der Waals surface area contributed by atoms with Crippen LogP contribution in [0.2, 0.25) is 4.34 Å². The van der Waals surface area contributed by atoms with Crippen LogP contribution in [0.15, 0.2) is 24.8 Å². The third-order valence-corrected chi connectivity index (χ3v) is 5.15. The van der Waals surface area contributed by atoms with E-state index in [1.807, 2.05) is 6.07 Å². The minimum Gasteiger partial charge on any atom is -0.481 e. The van der Waals surface area contributed by atoms with Gasteiger partial charge in [0.1, 0.15) is 0 Å². The molecule has 1 saturated carbocycles. The Morgan fingerprint density at radius 2 is 2.19 bits per heavy atom. The average molecular weight is 328 g/mol. The molecule has 1 fully saturated rings. The summed E-state index contributed by atoms with van der Waals surface area (Å²) in [6.07, 6.45) is 3.76. The minimum absolute atomic E-state index is 0.0648. The molecule has 0 saturated heterocycles. The van der Waals surface area contributed by atoms with Gasteiger partial charge < -0.3 is 10.0 Å². The van der Waals surface area contributed by atoms with Crippen LogP contribution in [-0.4, -0.2) is 28.4 Å². The molecular formula is C15H18ClNO3S. The highest BCUT2D eigenvalue weighted by molar-refractivity contribution is 7.16. The van der Waals surface area contributed by atoms with Gasteiger partial charge in [-0.15, -0.1) is 17.9 Å². The third-order valence-electron chi connectivity index (χ3n) is 3.93. The Kier molecular flexibility index (Phi) is 5.06. The second kappa shape index (κ2) is 6.62. The van der Waals surface area contributed by atoms with E-state index < -0.39 is 11.4 Å². The van der Waals surface area contributed by atoms with E-state index in [4.69, 9.17) is 11.6 Å². The van der Waals surface area contributed by atoms with Gasteiger partial charge in [0.15, 0.2) is 0 Å². The van der Waals surface area contributed by atoms with Crippen LogP contribution in [0.4, 0.5) is 0 Å². The lowest BCUT2D eigenvalue weighted by Crippen LogP contribution is -2.43. The van der Waals surface area contributed by atoms with Gasteiger partial charge in [0.2, 0.25) is 5.91 Å². The Morgan fingerprint density at radius 1 is 1.48 bits per heavy atom. The number of carbonyl (C=O) groups excluding carboxylic acids is 1. The second-order valence-electron chi connectivity index (χ2n) is 5.38. The Labute approximate surface area is 133 Å². The molecule has 1 aromatic rings. The number of hydrogen-bond acceptors (Lipinski definition) is 3. The molecule has 0 unspecified atom stereocenters. The van der Waals surface area contributed by atoms with Crippen molar-refractivity contribution in [3.8, 4) is 0 Å². The van der Waals surface area contributed by atoms with Gasteiger partial charge in [0, 0.05) is 17.8 Å². The second-order valence-corrected chi connectivity index (χ2v) is 7.18. The standard InChI is InChI=1S/C15H18ClNO3S/c1-2-8-17(10-11-4-5-12(16)21-11)13(18)9-15(14(19)20)6-3-7-15/h2,4-5H,1,3,6-10H2,(H,19,20). The van der Waals surface area contributed by atoms with Crippen molar-refractivity contribution in [3.05, 3.63) is 34.0 Å². The van der Waals surface area contributed by atoms with E-state index in [-0.39, 0.29) is 12.3 Å². The number of carboxylic acids is 1. The fourth-order valence-electron chi connectivity index (χ4n) is 2.51. The Hall–Kier alpha value is -1.33. The molecule has 0 atom stereocenters. The zero-order valence-electron chi connectivity index (χ0n) is 11.7. The lowest BCUT2D eigenvalue weighted by atomic mass is 9.66. The molecule has 0 radical (unpaired) electrons. The molecule has 1 heterocycles. The van der Waals surface area contributed by atoms with Crippen LogP contribution in [0.25, 0.3) is 0 Å². The average Bonchev–Trinajstić information content (AvgIpc) is 2.78. The zero-order chi connectivity index (χ0) is 15.5. The van der Waals surface area contributed by atoms with Crippen molar-refractivity contribution >= 4 is 34.8 Å². The Balaban J connectivity index is 2.05. The molecule has 1 N–H and O–H groups in total. The lowest BCUT2D eigenvalue weighted by Gasteiger charge is -2.38. The van der Waals surface area contributed by atoms with Crippen molar-refractivity contribution in [2.24, 2.45) is 5.41 Å². The monoisotopic (exact) mass is 327 g/mol. The quantitative estimate of drug-likeness (QED) is 0.779. The molecule has 1 aliphatic carbocycles. The van der Waals surface area contributed by atoms with Crippen LogP contribution in [-0.2, 0) is 16.1 Å². The molecular weight excluding hydrogens is 310 g/mol. The molecule has 1 aromatic heterocycles. The van der Waals surface area contributed by atoms with Gasteiger partial charge in [-0.2, -0.15) is 0 Å². The van der Waals surface area contributed by atoms with Gasteiger partial charge in [-0.05, 0) is 25.0 Å². The van der Waals surface area contributed by atoms with Crippen LogP contribution in [0.5, 0.6) is 0 Å². The summed E-state index contributed by atoms with van der Waals surface area (Å²) in [5.74, 6) is -0.999. The summed E-state index contributed by atoms with van der Waals surface area (Å²) in [5.41, 5.74) is -0.858. The van der Waals surface area contributed by atoms with Crippen molar-refractivity contribution in [2.75, 3.05) is 6.54 Å². The molecule has 2 rings (SSSR count). The maximum absolute atomic E-state index is 12.4. The van der Waals surface area contributed by atoms with E-state index in [2.05, 4.69) is 6.58 Å². The van der Waals surface area contributed by atoms with Crippen LogP contribution in [0.3, 0.4) is 0 Å². The normalized spacial score (nSPS) is 16.0. The summed E-state index contributed by atoms with van der Waals surface area (Å²) in [6.45, 7) is 4.51. The first-order valence-corrected chi connectivity index (χ1v) is 8.02. The highest BCUT2D eigenvalue weighted by Crippen LogP contribution is 2.44. The van der Waals surface area contributed by atoms with E-state index >= 15 is 0 Å². The summed E-state index contributed by atoms with van der Waals surface area (Å²) in [4.78, 5) is 26.4. The number of carbonyl (C=O) groups is 2. The number of amides is 1. The first kappa shape index (κ1) is 16.0. The molecule has 0 aromatic carbocycles. The smallest absolute Gasteiger partial charge is 0.310 e. The molecule has 0 spiro atoms. The molecule has 1 aliphatic rings. The van der Waals surface area contributed by atoms with Crippen LogP contribution < -0.4 is 0 Å². The summed E-state index contributed by atoms with van der Waals surface area (Å²) in [5, 5.41) is 9.33. The Bertz CT molecular complexity index is 551. The largest absolute Gasteiger partial charge is 0.481 e. The number of thiophene rings is 1. The third kappa shape index (κ3) is 3.66. The van der Waals surface area contributed by atoms with Crippen molar-refractivity contribution in [3.63, 3.8) is 0 Å². The molecule has 0 bridgehead atoms. The van der Waals surface area contributed by atoms with Gasteiger partial charge in [-0.3, -0.25) is 9.59 Å². The zero-order valence-corrected chi connectivity index (χ0v) is 13.3. The highest BCUT2D eigenvalue weighted by Gasteiger charge is 2.46. The maximum Gasteiger partial charge on any atom is 0.310 e. The number of aliphatic carboxylic acids is 1. The van der Waals surface area contributed by atoms with E-state index in [1.54, 1.807) is 17.0 Å². The van der Waals surface area contributed by atoms with Crippen LogP contribution in [0.1, 0.15) is 30.6 Å². The number of hydrogen-bond donors (Lipinski definition) is 1. The van der Waals surface area contributed by atoms with E-state index in [0.717, 1.165) is 11.3 Å². The topological polar surface area (TPSA) is 57.6 Å². The summed E-state index contributed by atoms with van der Waals surface area (Å²) in [7, 11) is 0. The van der Waals surface area contributed by atoms with Gasteiger partial charge in [-0.25, -0.2) is 0 Å². The van der Waals surface area contributed by atoms with E-state index in [0.29, 0.717) is 30.3 Å². The fraction of sp³-hybridized carbons (Fsp3) is 0.467. The summed E-state index contributed by atoms with van der Waals surface area (Å²) < 4.78 is 0.678. The predicted octanol–water partition coefficient (Wildman–Crippen LogP) is 3.56. The van der Waals surface area contributed by atoms with Crippen molar-refractivity contribution in [2.45, 2.75) is 32.2 Å². The van der Waals surface area contributed by atoms with Gasteiger partial charge in [0.25, 0.3) is 0 Å². The lowest BCUT2D eigenvalue weighted by molar-refractivity contribution is -0.159. The molecule has 1 amide bonds. The predicted molar refractivity (Wildman–Crippen MR) is 83.5 cm³/mol. The molecule has 4 nitrogen and oxygen atoms in total. The summed E-state index contributed by atoms with van der Waals surface area (Å²) >= 11 is 7.32.